The Labute approximate surface area is 171 Å². The molecule has 2 aromatic heterocycles. The largest absolute Gasteiger partial charge is 0.368 e. The summed E-state index contributed by atoms with van der Waals surface area (Å²) in [5.41, 5.74) is 2.97. The number of fused-ring (bicyclic) bond motifs is 1. The van der Waals surface area contributed by atoms with Gasteiger partial charge in [-0.3, -0.25) is 4.99 Å². The Hall–Kier alpha value is -3.20. The average molecular weight is 387 g/mol. The maximum absolute atomic E-state index is 5.26. The summed E-state index contributed by atoms with van der Waals surface area (Å²) in [5, 5.41) is 17.3. The van der Waals surface area contributed by atoms with Gasteiger partial charge in [0, 0.05) is 29.6 Å². The number of aliphatic imine (C=N–C) groups is 1. The van der Waals surface area contributed by atoms with Crippen molar-refractivity contribution in [2.24, 2.45) is 10.4 Å². The van der Waals surface area contributed by atoms with Gasteiger partial charge in [-0.15, -0.1) is 21.7 Å². The maximum Gasteiger partial charge on any atom is 0.185 e. The minimum absolute atomic E-state index is 0.0453. The van der Waals surface area contributed by atoms with Crippen LogP contribution in [0, 0.1) is 17.8 Å². The molecule has 1 N–H and O–H groups in total. The number of terminal acetylenes is 1. The minimum atomic E-state index is -0.0453. The molecule has 0 spiro atoms. The summed E-state index contributed by atoms with van der Waals surface area (Å²) >= 11 is 0. The van der Waals surface area contributed by atoms with E-state index >= 15 is 0 Å². The number of nitrogens with zero attached hydrogens (tertiary/aromatic N) is 5. The number of aromatic nitrogens is 4. The second-order valence-electron chi connectivity index (χ2n) is 8.39. The normalized spacial score (nSPS) is 14.8. The molecule has 1 aliphatic rings. The van der Waals surface area contributed by atoms with Gasteiger partial charge in [-0.25, -0.2) is 0 Å². The van der Waals surface area contributed by atoms with Crippen molar-refractivity contribution in [3.63, 3.8) is 0 Å². The third kappa shape index (κ3) is 4.14. The average Bonchev–Trinajstić information content (AvgIpc) is 3.08. The molecule has 1 saturated carbocycles. The van der Waals surface area contributed by atoms with E-state index in [1.54, 1.807) is 0 Å². The molecule has 6 nitrogen and oxygen atoms in total. The van der Waals surface area contributed by atoms with Crippen LogP contribution >= 0.6 is 0 Å². The SMILES string of the molecule is C#CC=NCC(C)(C)CNc1nn2c(-c3ccccc3)nnc2cc1C1CCC1. The van der Waals surface area contributed by atoms with Gasteiger partial charge >= 0.3 is 0 Å². The number of hydrogen-bond acceptors (Lipinski definition) is 5. The third-order valence-electron chi connectivity index (χ3n) is 5.42. The molecular formula is C23H26N6. The number of hydrogen-bond donors (Lipinski definition) is 1. The first-order valence-corrected chi connectivity index (χ1v) is 10.1. The topological polar surface area (TPSA) is 67.5 Å². The number of benzene rings is 1. The first kappa shape index (κ1) is 19.1. The monoisotopic (exact) mass is 386 g/mol. The van der Waals surface area contributed by atoms with Gasteiger partial charge in [-0.05, 0) is 24.8 Å². The molecule has 1 fully saturated rings. The Morgan fingerprint density at radius 3 is 2.76 bits per heavy atom. The first-order chi connectivity index (χ1) is 14.1. The van der Waals surface area contributed by atoms with Gasteiger partial charge in [-0.2, -0.15) is 4.52 Å². The number of anilines is 1. The van der Waals surface area contributed by atoms with Gasteiger partial charge < -0.3 is 5.32 Å². The van der Waals surface area contributed by atoms with Crippen LogP contribution in [0.1, 0.15) is 44.6 Å². The van der Waals surface area contributed by atoms with E-state index in [1.165, 1.54) is 31.0 Å². The summed E-state index contributed by atoms with van der Waals surface area (Å²) in [6.45, 7) is 5.75. The second kappa shape index (κ2) is 8.04. The lowest BCUT2D eigenvalue weighted by Gasteiger charge is -2.29. The van der Waals surface area contributed by atoms with E-state index in [4.69, 9.17) is 11.5 Å². The van der Waals surface area contributed by atoms with Crippen molar-refractivity contribution in [1.82, 2.24) is 19.8 Å². The Morgan fingerprint density at radius 1 is 1.28 bits per heavy atom. The molecule has 148 valence electrons. The summed E-state index contributed by atoms with van der Waals surface area (Å²) in [5.74, 6) is 4.65. The zero-order valence-electron chi connectivity index (χ0n) is 17.0. The predicted molar refractivity (Wildman–Crippen MR) is 117 cm³/mol. The van der Waals surface area contributed by atoms with Crippen molar-refractivity contribution >= 4 is 17.7 Å². The summed E-state index contributed by atoms with van der Waals surface area (Å²) < 4.78 is 1.84. The predicted octanol–water partition coefficient (Wildman–Crippen LogP) is 4.20. The summed E-state index contributed by atoms with van der Waals surface area (Å²) in [6, 6.07) is 12.2. The molecule has 0 unspecified atom stereocenters. The zero-order valence-corrected chi connectivity index (χ0v) is 17.0. The molecule has 0 atom stereocenters. The molecule has 1 aromatic carbocycles. The molecule has 3 aromatic rings. The van der Waals surface area contributed by atoms with E-state index in [2.05, 4.69) is 46.3 Å². The molecule has 0 bridgehead atoms. The van der Waals surface area contributed by atoms with E-state index in [1.807, 2.05) is 34.8 Å². The summed E-state index contributed by atoms with van der Waals surface area (Å²) in [6.07, 6.45) is 10.4. The van der Waals surface area contributed by atoms with Crippen molar-refractivity contribution in [1.29, 1.82) is 0 Å². The molecule has 2 heterocycles. The smallest absolute Gasteiger partial charge is 0.185 e. The third-order valence-corrected chi connectivity index (χ3v) is 5.42. The van der Waals surface area contributed by atoms with Crippen molar-refractivity contribution in [3.05, 3.63) is 42.0 Å². The van der Waals surface area contributed by atoms with Gasteiger partial charge in [-0.1, -0.05) is 56.5 Å². The van der Waals surface area contributed by atoms with Gasteiger partial charge in [0.15, 0.2) is 17.3 Å². The molecule has 1 aliphatic carbocycles. The van der Waals surface area contributed by atoms with Gasteiger partial charge in [0.2, 0.25) is 0 Å². The molecule has 0 saturated heterocycles. The van der Waals surface area contributed by atoms with E-state index in [0.717, 1.165) is 29.4 Å². The lowest BCUT2D eigenvalue weighted by molar-refractivity contribution is 0.402. The highest BCUT2D eigenvalue weighted by molar-refractivity contribution is 5.77. The van der Waals surface area contributed by atoms with Crippen molar-refractivity contribution in [2.45, 2.75) is 39.0 Å². The quantitative estimate of drug-likeness (QED) is 0.488. The Balaban J connectivity index is 1.67. The van der Waals surface area contributed by atoms with Gasteiger partial charge in [0.05, 0.1) is 6.21 Å². The molecule has 0 amide bonds. The van der Waals surface area contributed by atoms with Crippen LogP contribution < -0.4 is 5.32 Å². The van der Waals surface area contributed by atoms with E-state index < -0.39 is 0 Å². The maximum atomic E-state index is 5.26. The Bertz CT molecular complexity index is 1050. The van der Waals surface area contributed by atoms with Crippen molar-refractivity contribution < 1.29 is 0 Å². The van der Waals surface area contributed by atoms with Crippen LogP contribution in [0.4, 0.5) is 5.82 Å². The van der Waals surface area contributed by atoms with Crippen LogP contribution in [0.15, 0.2) is 41.4 Å². The molecule has 6 heteroatoms. The highest BCUT2D eigenvalue weighted by Crippen LogP contribution is 2.40. The highest BCUT2D eigenvalue weighted by atomic mass is 15.4. The lowest BCUT2D eigenvalue weighted by Crippen LogP contribution is -2.28. The van der Waals surface area contributed by atoms with Crippen LogP contribution in [0.3, 0.4) is 0 Å². The molecular weight excluding hydrogens is 360 g/mol. The van der Waals surface area contributed by atoms with Crippen LogP contribution in [0.5, 0.6) is 0 Å². The highest BCUT2D eigenvalue weighted by Gasteiger charge is 2.26. The van der Waals surface area contributed by atoms with Gasteiger partial charge in [0.1, 0.15) is 0 Å². The molecule has 0 radical (unpaired) electrons. The van der Waals surface area contributed by atoms with Crippen LogP contribution in [0.2, 0.25) is 0 Å². The van der Waals surface area contributed by atoms with Crippen LogP contribution in [0.25, 0.3) is 17.0 Å². The summed E-state index contributed by atoms with van der Waals surface area (Å²) in [4.78, 5) is 4.31. The van der Waals surface area contributed by atoms with E-state index in [9.17, 15) is 0 Å². The minimum Gasteiger partial charge on any atom is -0.368 e. The Morgan fingerprint density at radius 2 is 2.07 bits per heavy atom. The van der Waals surface area contributed by atoms with Crippen LogP contribution in [-0.4, -0.2) is 39.1 Å². The van der Waals surface area contributed by atoms with Crippen molar-refractivity contribution in [2.75, 3.05) is 18.4 Å². The first-order valence-electron chi connectivity index (χ1n) is 10.1. The van der Waals surface area contributed by atoms with Crippen molar-refractivity contribution in [3.8, 4) is 23.7 Å². The molecule has 4 rings (SSSR count). The fourth-order valence-electron chi connectivity index (χ4n) is 3.51. The fourth-order valence-corrected chi connectivity index (χ4v) is 3.51. The van der Waals surface area contributed by atoms with Crippen LogP contribution in [-0.2, 0) is 0 Å². The second-order valence-corrected chi connectivity index (χ2v) is 8.39. The molecule has 29 heavy (non-hydrogen) atoms. The standard InChI is InChI=1S/C23H26N6/c1-4-13-24-15-23(2,3)16-25-21-19(17-11-8-12-17)14-20-26-27-22(29(20)28-21)18-9-6-5-7-10-18/h1,5-7,9-10,13-14,17H,8,11-12,15-16H2,2-3H3,(H,25,28). The van der Waals surface area contributed by atoms with E-state index in [0.29, 0.717) is 12.5 Å². The lowest BCUT2D eigenvalue weighted by atomic mass is 9.80. The fraction of sp³-hybridized carbons (Fsp3) is 0.391. The Kier molecular flexibility index (Phi) is 5.30. The number of nitrogens with one attached hydrogen (secondary N) is 1. The molecule has 0 aliphatic heterocycles. The van der Waals surface area contributed by atoms with Gasteiger partial charge in [0.25, 0.3) is 0 Å². The van der Waals surface area contributed by atoms with E-state index in [-0.39, 0.29) is 5.41 Å². The zero-order chi connectivity index (χ0) is 20.3. The number of rotatable bonds is 7. The summed E-state index contributed by atoms with van der Waals surface area (Å²) in [7, 11) is 0.